The van der Waals surface area contributed by atoms with Crippen LogP contribution in [-0.2, 0) is 6.54 Å². The molecule has 0 bridgehead atoms. The fraction of sp³-hybridized carbons (Fsp3) is 0.0909. The molecule has 94 valence electrons. The fourth-order valence-electron chi connectivity index (χ4n) is 1.36. The first-order valence-corrected chi connectivity index (χ1v) is 5.40. The van der Waals surface area contributed by atoms with Gasteiger partial charge in [-0.15, -0.1) is 0 Å². The van der Waals surface area contributed by atoms with E-state index in [1.807, 2.05) is 0 Å². The summed E-state index contributed by atoms with van der Waals surface area (Å²) in [7, 11) is 0. The van der Waals surface area contributed by atoms with Gasteiger partial charge in [0.1, 0.15) is 11.6 Å². The van der Waals surface area contributed by atoms with Crippen molar-refractivity contribution < 1.29 is 8.78 Å². The molecule has 3 N–H and O–H groups in total. The van der Waals surface area contributed by atoms with E-state index < -0.39 is 11.6 Å². The highest BCUT2D eigenvalue weighted by Gasteiger charge is 2.06. The number of hydrogen-bond donors (Lipinski definition) is 2. The number of hydrogen-bond acceptors (Lipinski definition) is 4. The Balaban J connectivity index is 2.13. The zero-order valence-corrected chi connectivity index (χ0v) is 9.88. The van der Waals surface area contributed by atoms with Crippen LogP contribution in [0, 0.1) is 11.6 Å². The minimum atomic E-state index is -0.638. The zero-order valence-electron chi connectivity index (χ0n) is 9.12. The Morgan fingerprint density at radius 2 is 2.11 bits per heavy atom. The van der Waals surface area contributed by atoms with Gasteiger partial charge in [0.25, 0.3) is 0 Å². The van der Waals surface area contributed by atoms with Crippen molar-refractivity contribution in [1.82, 2.24) is 9.97 Å². The smallest absolute Gasteiger partial charge is 0.224 e. The molecule has 18 heavy (non-hydrogen) atoms. The van der Waals surface area contributed by atoms with Gasteiger partial charge in [0.15, 0.2) is 5.82 Å². The van der Waals surface area contributed by atoms with Gasteiger partial charge in [-0.25, -0.2) is 13.8 Å². The van der Waals surface area contributed by atoms with E-state index in [9.17, 15) is 8.78 Å². The number of nitrogens with two attached hydrogens (primary N) is 1. The van der Waals surface area contributed by atoms with Gasteiger partial charge in [0, 0.05) is 18.2 Å². The van der Waals surface area contributed by atoms with Crippen LogP contribution < -0.4 is 11.1 Å². The molecule has 0 saturated carbocycles. The Labute approximate surface area is 107 Å². The van der Waals surface area contributed by atoms with Crippen LogP contribution in [0.15, 0.2) is 24.4 Å². The second-order valence-electron chi connectivity index (χ2n) is 3.53. The van der Waals surface area contributed by atoms with Crippen LogP contribution in [0.4, 0.5) is 20.3 Å². The summed E-state index contributed by atoms with van der Waals surface area (Å²) in [6.07, 6.45) is 1.35. The van der Waals surface area contributed by atoms with Crippen molar-refractivity contribution >= 4 is 23.1 Å². The van der Waals surface area contributed by atoms with E-state index in [-0.39, 0.29) is 11.8 Å². The third-order valence-electron chi connectivity index (χ3n) is 2.25. The van der Waals surface area contributed by atoms with Gasteiger partial charge in [-0.3, -0.25) is 0 Å². The SMILES string of the molecule is Nc1cnc(Cl)nc1NCc1ccc(F)cc1F. The molecule has 1 aromatic carbocycles. The van der Waals surface area contributed by atoms with E-state index in [1.165, 1.54) is 18.3 Å². The highest BCUT2D eigenvalue weighted by Crippen LogP contribution is 2.18. The summed E-state index contributed by atoms with van der Waals surface area (Å²) in [4.78, 5) is 7.55. The van der Waals surface area contributed by atoms with Gasteiger partial charge < -0.3 is 11.1 Å². The number of nitrogen functional groups attached to an aromatic ring is 1. The summed E-state index contributed by atoms with van der Waals surface area (Å²) in [5.41, 5.74) is 6.21. The molecule has 4 nitrogen and oxygen atoms in total. The van der Waals surface area contributed by atoms with E-state index in [1.54, 1.807) is 0 Å². The molecular formula is C11H9ClF2N4. The highest BCUT2D eigenvalue weighted by molar-refractivity contribution is 6.28. The highest BCUT2D eigenvalue weighted by atomic mass is 35.5. The second kappa shape index (κ2) is 5.14. The van der Waals surface area contributed by atoms with Crippen molar-refractivity contribution in [3.63, 3.8) is 0 Å². The summed E-state index contributed by atoms with van der Waals surface area (Å²) in [5.74, 6) is -0.958. The van der Waals surface area contributed by atoms with Crippen LogP contribution in [0.25, 0.3) is 0 Å². The quantitative estimate of drug-likeness (QED) is 0.842. The summed E-state index contributed by atoms with van der Waals surface area (Å²) < 4.78 is 26.1. The zero-order chi connectivity index (χ0) is 13.1. The number of rotatable bonds is 3. The van der Waals surface area contributed by atoms with Crippen LogP contribution in [-0.4, -0.2) is 9.97 Å². The van der Waals surface area contributed by atoms with E-state index >= 15 is 0 Å². The van der Waals surface area contributed by atoms with Crippen LogP contribution in [0.3, 0.4) is 0 Å². The predicted molar refractivity (Wildman–Crippen MR) is 65.1 cm³/mol. The summed E-state index contributed by atoms with van der Waals surface area (Å²) >= 11 is 5.61. The summed E-state index contributed by atoms with van der Waals surface area (Å²) in [6, 6.07) is 3.33. The lowest BCUT2D eigenvalue weighted by Crippen LogP contribution is -2.07. The largest absolute Gasteiger partial charge is 0.394 e. The topological polar surface area (TPSA) is 63.8 Å². The Hall–Kier alpha value is -1.95. The Morgan fingerprint density at radius 3 is 2.83 bits per heavy atom. The summed E-state index contributed by atoms with van der Waals surface area (Å²) in [5, 5.41) is 2.84. The molecule has 2 aromatic rings. The molecule has 0 unspecified atom stereocenters. The first-order chi connectivity index (χ1) is 8.56. The first-order valence-electron chi connectivity index (χ1n) is 5.02. The molecule has 1 aromatic heterocycles. The van der Waals surface area contributed by atoms with Crippen molar-refractivity contribution in [2.24, 2.45) is 0 Å². The standard InChI is InChI=1S/C11H9ClF2N4/c12-11-17-5-9(15)10(18-11)16-4-6-1-2-7(13)3-8(6)14/h1-3,5H,4,15H2,(H,16,17,18). The number of halogens is 3. The Bertz CT molecular complexity index is 577. The lowest BCUT2D eigenvalue weighted by Gasteiger charge is -2.08. The van der Waals surface area contributed by atoms with Gasteiger partial charge in [0.05, 0.1) is 11.9 Å². The third-order valence-corrected chi connectivity index (χ3v) is 2.43. The lowest BCUT2D eigenvalue weighted by atomic mass is 10.2. The molecule has 1 heterocycles. The van der Waals surface area contributed by atoms with E-state index in [4.69, 9.17) is 17.3 Å². The van der Waals surface area contributed by atoms with Gasteiger partial charge in [-0.1, -0.05) is 6.07 Å². The molecule has 2 rings (SSSR count). The van der Waals surface area contributed by atoms with Crippen molar-refractivity contribution in [1.29, 1.82) is 0 Å². The first kappa shape index (κ1) is 12.5. The number of aromatic nitrogens is 2. The maximum atomic E-state index is 13.4. The number of benzene rings is 1. The maximum absolute atomic E-state index is 13.4. The van der Waals surface area contributed by atoms with Crippen LogP contribution in [0.5, 0.6) is 0 Å². The van der Waals surface area contributed by atoms with Gasteiger partial charge in [-0.05, 0) is 17.7 Å². The van der Waals surface area contributed by atoms with Crippen molar-refractivity contribution in [3.05, 3.63) is 46.9 Å². The second-order valence-corrected chi connectivity index (χ2v) is 3.87. The maximum Gasteiger partial charge on any atom is 0.224 e. The van der Waals surface area contributed by atoms with Crippen molar-refractivity contribution in [2.75, 3.05) is 11.1 Å². The van der Waals surface area contributed by atoms with Gasteiger partial charge >= 0.3 is 0 Å². The van der Waals surface area contributed by atoms with Crippen LogP contribution in [0.2, 0.25) is 5.28 Å². The average molecular weight is 271 g/mol. The Kier molecular flexibility index (Phi) is 3.57. The molecule has 0 radical (unpaired) electrons. The lowest BCUT2D eigenvalue weighted by molar-refractivity contribution is 0.574. The van der Waals surface area contributed by atoms with Crippen LogP contribution in [0.1, 0.15) is 5.56 Å². The minimum absolute atomic E-state index is 0.0336. The van der Waals surface area contributed by atoms with E-state index in [2.05, 4.69) is 15.3 Å². The summed E-state index contributed by atoms with van der Waals surface area (Å²) in [6.45, 7) is 0.115. The molecule has 0 atom stereocenters. The normalized spacial score (nSPS) is 10.4. The number of anilines is 2. The molecule has 0 saturated heterocycles. The third kappa shape index (κ3) is 2.84. The number of nitrogens with zero attached hydrogens (tertiary/aromatic N) is 2. The molecule has 7 heteroatoms. The van der Waals surface area contributed by atoms with Crippen LogP contribution >= 0.6 is 11.6 Å². The molecule has 0 aliphatic carbocycles. The monoisotopic (exact) mass is 270 g/mol. The molecule has 0 aliphatic rings. The molecular weight excluding hydrogens is 262 g/mol. The van der Waals surface area contributed by atoms with Crippen molar-refractivity contribution in [3.8, 4) is 0 Å². The fourth-order valence-corrected chi connectivity index (χ4v) is 1.49. The minimum Gasteiger partial charge on any atom is -0.394 e. The molecule has 0 aliphatic heterocycles. The number of nitrogens with one attached hydrogen (secondary N) is 1. The molecule has 0 amide bonds. The van der Waals surface area contributed by atoms with E-state index in [0.717, 1.165) is 6.07 Å². The van der Waals surface area contributed by atoms with Crippen molar-refractivity contribution in [2.45, 2.75) is 6.54 Å². The predicted octanol–water partition coefficient (Wildman–Crippen LogP) is 2.60. The molecule has 0 fully saturated rings. The van der Waals surface area contributed by atoms with E-state index in [0.29, 0.717) is 17.1 Å². The molecule has 0 spiro atoms. The van der Waals surface area contributed by atoms with Gasteiger partial charge in [0.2, 0.25) is 5.28 Å². The average Bonchev–Trinajstić information content (AvgIpc) is 2.32. The van der Waals surface area contributed by atoms with Gasteiger partial charge in [-0.2, -0.15) is 4.98 Å². The Morgan fingerprint density at radius 1 is 1.33 bits per heavy atom.